The number of carbonyl (C=O) groups is 2. The van der Waals surface area contributed by atoms with Crippen LogP contribution in [0, 0.1) is 13.8 Å². The van der Waals surface area contributed by atoms with Gasteiger partial charge in [0.1, 0.15) is 5.75 Å². The van der Waals surface area contributed by atoms with Gasteiger partial charge in [-0.2, -0.15) is 4.98 Å². The Labute approximate surface area is 229 Å². The summed E-state index contributed by atoms with van der Waals surface area (Å²) in [6, 6.07) is 11.9. The van der Waals surface area contributed by atoms with Crippen LogP contribution in [0.3, 0.4) is 0 Å². The van der Waals surface area contributed by atoms with Crippen molar-refractivity contribution in [2.75, 3.05) is 51.8 Å². The number of amides is 2. The van der Waals surface area contributed by atoms with E-state index in [1.165, 1.54) is 11.1 Å². The van der Waals surface area contributed by atoms with E-state index >= 15 is 0 Å². The zero-order valence-electron chi connectivity index (χ0n) is 23.4. The van der Waals surface area contributed by atoms with Gasteiger partial charge in [-0.1, -0.05) is 30.3 Å². The van der Waals surface area contributed by atoms with Crippen LogP contribution in [0.5, 0.6) is 5.75 Å². The van der Waals surface area contributed by atoms with E-state index < -0.39 is 0 Å². The second-order valence-electron chi connectivity index (χ2n) is 9.90. The van der Waals surface area contributed by atoms with Gasteiger partial charge in [0.2, 0.25) is 23.5 Å². The first kappa shape index (κ1) is 28.1. The number of nitrogens with zero attached hydrogens (tertiary/aromatic N) is 4. The van der Waals surface area contributed by atoms with Gasteiger partial charge in [-0.05, 0) is 61.2 Å². The highest BCUT2D eigenvalue weighted by molar-refractivity contribution is 5.87. The molecule has 0 saturated carbocycles. The van der Waals surface area contributed by atoms with Crippen LogP contribution in [0.15, 0.2) is 40.9 Å². The summed E-state index contributed by atoms with van der Waals surface area (Å²) in [5.41, 5.74) is 4.91. The molecular formula is C29H38N6O4. The Kier molecular flexibility index (Phi) is 9.19. The third-order valence-electron chi connectivity index (χ3n) is 7.14. The largest absolute Gasteiger partial charge is 0.497 e. The molecule has 10 heteroatoms. The Morgan fingerprint density at radius 1 is 1.08 bits per heavy atom. The minimum Gasteiger partial charge on any atom is -0.497 e. The third kappa shape index (κ3) is 6.94. The van der Waals surface area contributed by atoms with E-state index in [4.69, 9.17) is 9.26 Å². The Morgan fingerprint density at radius 2 is 1.87 bits per heavy atom. The lowest BCUT2D eigenvalue weighted by Crippen LogP contribution is -2.47. The molecule has 0 bridgehead atoms. The third-order valence-corrected chi connectivity index (χ3v) is 7.14. The summed E-state index contributed by atoms with van der Waals surface area (Å²) in [7, 11) is 3.50. The fraction of sp³-hybridized carbons (Fsp3) is 0.448. The molecule has 1 unspecified atom stereocenters. The van der Waals surface area contributed by atoms with Crippen molar-refractivity contribution in [1.29, 1.82) is 0 Å². The minimum atomic E-state index is -0.149. The van der Waals surface area contributed by atoms with Crippen LogP contribution < -0.4 is 20.3 Å². The summed E-state index contributed by atoms with van der Waals surface area (Å²) < 4.78 is 10.5. The number of methoxy groups -OCH3 is 1. The van der Waals surface area contributed by atoms with Gasteiger partial charge in [0, 0.05) is 44.4 Å². The van der Waals surface area contributed by atoms with Crippen LogP contribution in [-0.2, 0) is 22.4 Å². The van der Waals surface area contributed by atoms with Crippen molar-refractivity contribution in [2.45, 2.75) is 39.7 Å². The van der Waals surface area contributed by atoms with Crippen LogP contribution in [0.25, 0.3) is 11.4 Å². The highest BCUT2D eigenvalue weighted by Crippen LogP contribution is 2.30. The number of carbonyl (C=O) groups excluding carboxylic acids is 2. The molecule has 4 rings (SSSR count). The van der Waals surface area contributed by atoms with E-state index in [1.54, 1.807) is 14.0 Å². The smallest absolute Gasteiger partial charge is 0.242 e. The van der Waals surface area contributed by atoms with Crippen LogP contribution >= 0.6 is 0 Å². The van der Waals surface area contributed by atoms with Crippen molar-refractivity contribution in [2.24, 2.45) is 0 Å². The molecule has 1 atom stereocenters. The zero-order chi connectivity index (χ0) is 27.9. The number of benzene rings is 2. The maximum absolute atomic E-state index is 13.6. The SMILES string of the molecule is CCNCCNC(=O)CN(CC(=O)N(C)C1Cc2ccc(OC)cc2C1)c1cc(-c2noc(C)n2)ccc1C. The van der Waals surface area contributed by atoms with E-state index in [0.717, 1.165) is 42.0 Å². The summed E-state index contributed by atoms with van der Waals surface area (Å²) in [4.78, 5) is 34.5. The quantitative estimate of drug-likeness (QED) is 0.341. The molecule has 0 spiro atoms. The van der Waals surface area contributed by atoms with Crippen molar-refractivity contribution < 1.29 is 18.8 Å². The first-order valence-electron chi connectivity index (χ1n) is 13.3. The van der Waals surface area contributed by atoms with Gasteiger partial charge in [-0.25, -0.2) is 0 Å². The van der Waals surface area contributed by atoms with Gasteiger partial charge < -0.3 is 29.7 Å². The predicted octanol–water partition coefficient (Wildman–Crippen LogP) is 2.52. The number of rotatable bonds is 12. The molecular weight excluding hydrogens is 496 g/mol. The van der Waals surface area contributed by atoms with E-state index in [9.17, 15) is 9.59 Å². The Hall–Kier alpha value is -3.92. The molecule has 1 aromatic heterocycles. The standard InChI is InChI=1S/C29H38N6O4/c1-6-30-11-12-31-27(36)17-35(26-16-22(8-7-19(26)2)29-32-20(3)39-33-29)18-28(37)34(4)24-13-21-9-10-25(38-5)15-23(21)14-24/h7-10,15-16,24,30H,6,11-14,17-18H2,1-5H3,(H,31,36). The molecule has 1 heterocycles. The summed E-state index contributed by atoms with van der Waals surface area (Å²) in [5.74, 6) is 1.55. The van der Waals surface area contributed by atoms with Crippen LogP contribution in [0.2, 0.25) is 0 Å². The van der Waals surface area contributed by atoms with Gasteiger partial charge in [0.15, 0.2) is 0 Å². The lowest BCUT2D eigenvalue weighted by atomic mass is 10.1. The molecule has 39 heavy (non-hydrogen) atoms. The number of aryl methyl sites for hydroxylation is 2. The predicted molar refractivity (Wildman–Crippen MR) is 150 cm³/mol. The monoisotopic (exact) mass is 534 g/mol. The lowest BCUT2D eigenvalue weighted by Gasteiger charge is -2.30. The van der Waals surface area contributed by atoms with Crippen LogP contribution in [0.1, 0.15) is 29.5 Å². The molecule has 10 nitrogen and oxygen atoms in total. The highest BCUT2D eigenvalue weighted by Gasteiger charge is 2.29. The summed E-state index contributed by atoms with van der Waals surface area (Å²) in [6.45, 7) is 7.86. The normalized spacial score (nSPS) is 14.1. The summed E-state index contributed by atoms with van der Waals surface area (Å²) in [5, 5.41) is 10.2. The van der Waals surface area contributed by atoms with Crippen molar-refractivity contribution in [1.82, 2.24) is 25.7 Å². The molecule has 2 aromatic carbocycles. The van der Waals surface area contributed by atoms with E-state index in [0.29, 0.717) is 24.8 Å². The number of ether oxygens (including phenoxy) is 1. The highest BCUT2D eigenvalue weighted by atomic mass is 16.5. The number of fused-ring (bicyclic) bond motifs is 1. The average Bonchev–Trinajstić information content (AvgIpc) is 3.56. The number of hydrogen-bond donors (Lipinski definition) is 2. The van der Waals surface area contributed by atoms with Gasteiger partial charge in [-0.15, -0.1) is 0 Å². The van der Waals surface area contributed by atoms with E-state index in [1.807, 2.05) is 61.0 Å². The van der Waals surface area contributed by atoms with Gasteiger partial charge >= 0.3 is 0 Å². The minimum absolute atomic E-state index is 0.0450. The maximum Gasteiger partial charge on any atom is 0.242 e. The number of likely N-dealkylation sites (N-methyl/N-ethyl adjacent to an activating group) is 2. The average molecular weight is 535 g/mol. The second-order valence-corrected chi connectivity index (χ2v) is 9.90. The number of anilines is 1. The Balaban J connectivity index is 1.53. The number of nitrogens with one attached hydrogen (secondary N) is 2. The topological polar surface area (TPSA) is 113 Å². The fourth-order valence-electron chi connectivity index (χ4n) is 4.88. The molecule has 2 N–H and O–H groups in total. The molecule has 0 fully saturated rings. The Bertz CT molecular complexity index is 1310. The molecule has 0 radical (unpaired) electrons. The van der Waals surface area contributed by atoms with Gasteiger partial charge in [0.05, 0.1) is 20.2 Å². The van der Waals surface area contributed by atoms with Crippen molar-refractivity contribution in [3.63, 3.8) is 0 Å². The molecule has 1 aliphatic rings. The summed E-state index contributed by atoms with van der Waals surface area (Å²) >= 11 is 0. The number of aromatic nitrogens is 2. The fourth-order valence-corrected chi connectivity index (χ4v) is 4.88. The van der Waals surface area contributed by atoms with Crippen molar-refractivity contribution in [3.8, 4) is 17.1 Å². The van der Waals surface area contributed by atoms with E-state index in [2.05, 4.69) is 26.8 Å². The first-order chi connectivity index (χ1) is 18.8. The molecule has 0 saturated heterocycles. The maximum atomic E-state index is 13.6. The number of hydrogen-bond acceptors (Lipinski definition) is 8. The lowest BCUT2D eigenvalue weighted by molar-refractivity contribution is -0.130. The van der Waals surface area contributed by atoms with Crippen LogP contribution in [-0.4, -0.2) is 79.8 Å². The van der Waals surface area contributed by atoms with Gasteiger partial charge in [0.25, 0.3) is 0 Å². The first-order valence-corrected chi connectivity index (χ1v) is 13.3. The molecule has 1 aliphatic carbocycles. The van der Waals surface area contributed by atoms with Crippen molar-refractivity contribution >= 4 is 17.5 Å². The summed E-state index contributed by atoms with van der Waals surface area (Å²) in [6.07, 6.45) is 1.56. The van der Waals surface area contributed by atoms with E-state index in [-0.39, 0.29) is 30.9 Å². The van der Waals surface area contributed by atoms with Gasteiger partial charge in [-0.3, -0.25) is 9.59 Å². The molecule has 2 amide bonds. The molecule has 208 valence electrons. The van der Waals surface area contributed by atoms with Crippen molar-refractivity contribution in [3.05, 3.63) is 59.0 Å². The Morgan fingerprint density at radius 3 is 2.59 bits per heavy atom. The zero-order valence-corrected chi connectivity index (χ0v) is 23.4. The molecule has 3 aromatic rings. The second kappa shape index (κ2) is 12.8. The van der Waals surface area contributed by atoms with Crippen LogP contribution in [0.4, 0.5) is 5.69 Å². The molecule has 0 aliphatic heterocycles.